The molecular formula is C21H23N5O2. The number of rotatable bonds is 5. The molecule has 0 bridgehead atoms. The lowest BCUT2D eigenvalue weighted by atomic mass is 10.1. The maximum absolute atomic E-state index is 13.1. The number of methoxy groups -OCH3 is 1. The lowest BCUT2D eigenvalue weighted by Crippen LogP contribution is -2.36. The molecule has 0 saturated carbocycles. The van der Waals surface area contributed by atoms with Gasteiger partial charge in [0.2, 0.25) is 0 Å². The number of benzene rings is 1. The van der Waals surface area contributed by atoms with Crippen molar-refractivity contribution in [3.63, 3.8) is 0 Å². The minimum atomic E-state index is -0.0211. The first-order chi connectivity index (χ1) is 13.7. The van der Waals surface area contributed by atoms with Crippen molar-refractivity contribution in [1.29, 1.82) is 0 Å². The van der Waals surface area contributed by atoms with Gasteiger partial charge in [0.15, 0.2) is 0 Å². The average Bonchev–Trinajstić information content (AvgIpc) is 3.17. The van der Waals surface area contributed by atoms with E-state index in [4.69, 9.17) is 9.72 Å². The van der Waals surface area contributed by atoms with Crippen LogP contribution in [0.4, 0.5) is 0 Å². The Balaban J connectivity index is 1.57. The molecule has 7 heteroatoms. The number of aromatic nitrogens is 4. The summed E-state index contributed by atoms with van der Waals surface area (Å²) < 4.78 is 5.30. The topological polar surface area (TPSA) is 84.0 Å². The molecule has 0 spiro atoms. The summed E-state index contributed by atoms with van der Waals surface area (Å²) in [7, 11) is 1.65. The highest BCUT2D eigenvalue weighted by molar-refractivity contribution is 5.95. The Labute approximate surface area is 163 Å². The van der Waals surface area contributed by atoms with E-state index in [1.807, 2.05) is 29.2 Å². The van der Waals surface area contributed by atoms with Gasteiger partial charge in [-0.3, -0.25) is 4.79 Å². The predicted octanol–water partition coefficient (Wildman–Crippen LogP) is 3.03. The molecule has 1 aromatic carbocycles. The van der Waals surface area contributed by atoms with Crippen LogP contribution in [0.5, 0.6) is 5.75 Å². The van der Waals surface area contributed by atoms with Crippen molar-refractivity contribution in [3.8, 4) is 17.1 Å². The number of ether oxygens (including phenoxy) is 1. The number of hydrogen-bond acceptors (Lipinski definition) is 5. The summed E-state index contributed by atoms with van der Waals surface area (Å²) >= 11 is 0. The lowest BCUT2D eigenvalue weighted by Gasteiger charge is -2.26. The van der Waals surface area contributed by atoms with Crippen molar-refractivity contribution in [2.45, 2.75) is 32.7 Å². The number of nitrogens with one attached hydrogen (secondary N) is 1. The quantitative estimate of drug-likeness (QED) is 0.739. The first-order valence-electron chi connectivity index (χ1n) is 9.50. The molecule has 7 nitrogen and oxygen atoms in total. The SMILES string of the molecule is CCCc1ncncc1C(=O)N1CCc2nc(-c3cccc(OC)c3)[nH]c2C1. The van der Waals surface area contributed by atoms with E-state index in [1.54, 1.807) is 13.3 Å². The molecule has 2 aromatic heterocycles. The molecule has 144 valence electrons. The van der Waals surface area contributed by atoms with Crippen LogP contribution in [0.2, 0.25) is 0 Å². The smallest absolute Gasteiger partial charge is 0.257 e. The Bertz CT molecular complexity index is 998. The van der Waals surface area contributed by atoms with Gasteiger partial charge in [0.25, 0.3) is 5.91 Å². The number of aromatic amines is 1. The van der Waals surface area contributed by atoms with Gasteiger partial charge in [-0.05, 0) is 18.6 Å². The predicted molar refractivity (Wildman–Crippen MR) is 105 cm³/mol. The van der Waals surface area contributed by atoms with Crippen LogP contribution >= 0.6 is 0 Å². The number of carbonyl (C=O) groups excluding carboxylic acids is 1. The van der Waals surface area contributed by atoms with Gasteiger partial charge in [0, 0.05) is 24.7 Å². The summed E-state index contributed by atoms with van der Waals surface area (Å²) in [4.78, 5) is 31.4. The number of carbonyl (C=O) groups is 1. The monoisotopic (exact) mass is 377 g/mol. The van der Waals surface area contributed by atoms with E-state index in [9.17, 15) is 4.79 Å². The summed E-state index contributed by atoms with van der Waals surface area (Å²) in [6, 6.07) is 7.79. The average molecular weight is 377 g/mol. The second-order valence-corrected chi connectivity index (χ2v) is 6.85. The van der Waals surface area contributed by atoms with Crippen LogP contribution in [-0.2, 0) is 19.4 Å². The van der Waals surface area contributed by atoms with Crippen LogP contribution in [0.1, 0.15) is 40.8 Å². The van der Waals surface area contributed by atoms with Gasteiger partial charge in [0.05, 0.1) is 36.3 Å². The highest BCUT2D eigenvalue weighted by Gasteiger charge is 2.26. The highest BCUT2D eigenvalue weighted by atomic mass is 16.5. The number of H-pyrrole nitrogens is 1. The van der Waals surface area contributed by atoms with Crippen molar-refractivity contribution < 1.29 is 9.53 Å². The van der Waals surface area contributed by atoms with Gasteiger partial charge in [-0.1, -0.05) is 25.5 Å². The van der Waals surface area contributed by atoms with Crippen molar-refractivity contribution in [2.24, 2.45) is 0 Å². The van der Waals surface area contributed by atoms with E-state index in [1.165, 1.54) is 6.33 Å². The molecule has 1 aliphatic rings. The zero-order chi connectivity index (χ0) is 19.5. The van der Waals surface area contributed by atoms with E-state index >= 15 is 0 Å². The summed E-state index contributed by atoms with van der Waals surface area (Å²) in [5, 5.41) is 0. The van der Waals surface area contributed by atoms with Crippen LogP contribution in [0.15, 0.2) is 36.8 Å². The van der Waals surface area contributed by atoms with E-state index < -0.39 is 0 Å². The Kier molecular flexibility index (Phi) is 5.06. The van der Waals surface area contributed by atoms with Crippen molar-refractivity contribution in [3.05, 3.63) is 59.4 Å². The van der Waals surface area contributed by atoms with Crippen LogP contribution < -0.4 is 4.74 Å². The fourth-order valence-electron chi connectivity index (χ4n) is 3.51. The number of imidazole rings is 1. The minimum absolute atomic E-state index is 0.0211. The van der Waals surface area contributed by atoms with E-state index in [2.05, 4.69) is 21.9 Å². The van der Waals surface area contributed by atoms with Gasteiger partial charge < -0.3 is 14.6 Å². The number of aryl methyl sites for hydroxylation is 1. The normalized spacial score (nSPS) is 13.3. The molecule has 3 aromatic rings. The standard InChI is InChI=1S/C21H23N5O2/c1-3-5-17-16(11-22-13-23-17)21(27)26-9-8-18-19(12-26)25-20(24-18)14-6-4-7-15(10-14)28-2/h4,6-7,10-11,13H,3,5,8-9,12H2,1-2H3,(H,24,25). The third kappa shape index (κ3) is 3.47. The minimum Gasteiger partial charge on any atom is -0.497 e. The number of nitrogens with zero attached hydrogens (tertiary/aromatic N) is 4. The largest absolute Gasteiger partial charge is 0.497 e. The van der Waals surface area contributed by atoms with Gasteiger partial charge in [-0.15, -0.1) is 0 Å². The third-order valence-electron chi connectivity index (χ3n) is 4.97. The fourth-order valence-corrected chi connectivity index (χ4v) is 3.51. The van der Waals surface area contributed by atoms with E-state index in [-0.39, 0.29) is 5.91 Å². The molecule has 1 amide bonds. The summed E-state index contributed by atoms with van der Waals surface area (Å²) in [6.07, 6.45) is 5.56. The summed E-state index contributed by atoms with van der Waals surface area (Å²) in [6.45, 7) is 3.22. The van der Waals surface area contributed by atoms with Crippen molar-refractivity contribution >= 4 is 5.91 Å². The third-order valence-corrected chi connectivity index (χ3v) is 4.97. The molecule has 28 heavy (non-hydrogen) atoms. The van der Waals surface area contributed by atoms with Crippen LogP contribution in [0.25, 0.3) is 11.4 Å². The Morgan fingerprint density at radius 2 is 2.25 bits per heavy atom. The Morgan fingerprint density at radius 1 is 1.36 bits per heavy atom. The van der Waals surface area contributed by atoms with Crippen LogP contribution in [0.3, 0.4) is 0 Å². The molecule has 1 aliphatic heterocycles. The molecule has 3 heterocycles. The first kappa shape index (κ1) is 18.2. The van der Waals surface area contributed by atoms with E-state index in [0.717, 1.165) is 53.5 Å². The lowest BCUT2D eigenvalue weighted by molar-refractivity contribution is 0.0729. The number of amides is 1. The summed E-state index contributed by atoms with van der Waals surface area (Å²) in [5.41, 5.74) is 4.37. The van der Waals surface area contributed by atoms with Crippen molar-refractivity contribution in [2.75, 3.05) is 13.7 Å². The maximum Gasteiger partial charge on any atom is 0.257 e. The van der Waals surface area contributed by atoms with Gasteiger partial charge in [-0.2, -0.15) is 0 Å². The Morgan fingerprint density at radius 3 is 3.07 bits per heavy atom. The van der Waals surface area contributed by atoms with Crippen LogP contribution in [-0.4, -0.2) is 44.4 Å². The molecule has 0 fully saturated rings. The van der Waals surface area contributed by atoms with E-state index in [0.29, 0.717) is 18.7 Å². The second-order valence-electron chi connectivity index (χ2n) is 6.85. The second kappa shape index (κ2) is 7.80. The zero-order valence-electron chi connectivity index (χ0n) is 16.1. The molecule has 0 saturated heterocycles. The molecule has 0 unspecified atom stereocenters. The maximum atomic E-state index is 13.1. The molecule has 0 atom stereocenters. The molecule has 1 N–H and O–H groups in total. The fraction of sp³-hybridized carbons (Fsp3) is 0.333. The highest BCUT2D eigenvalue weighted by Crippen LogP contribution is 2.26. The van der Waals surface area contributed by atoms with Gasteiger partial charge >= 0.3 is 0 Å². The molecular weight excluding hydrogens is 354 g/mol. The first-order valence-corrected chi connectivity index (χ1v) is 9.50. The number of fused-ring (bicyclic) bond motifs is 1. The molecule has 0 radical (unpaired) electrons. The molecule has 0 aliphatic carbocycles. The number of hydrogen-bond donors (Lipinski definition) is 1. The zero-order valence-corrected chi connectivity index (χ0v) is 16.1. The molecule has 4 rings (SSSR count). The van der Waals surface area contributed by atoms with Gasteiger partial charge in [-0.25, -0.2) is 15.0 Å². The van der Waals surface area contributed by atoms with Crippen molar-refractivity contribution in [1.82, 2.24) is 24.8 Å². The summed E-state index contributed by atoms with van der Waals surface area (Å²) in [5.74, 6) is 1.57. The van der Waals surface area contributed by atoms with Crippen LogP contribution in [0, 0.1) is 0 Å². The Hall–Kier alpha value is -3.22. The van der Waals surface area contributed by atoms with Gasteiger partial charge in [0.1, 0.15) is 17.9 Å².